The van der Waals surface area contributed by atoms with Gasteiger partial charge < -0.3 is 4.74 Å². The Kier molecular flexibility index (Phi) is 4.39. The molecule has 0 amide bonds. The first kappa shape index (κ1) is 17.0. The van der Waals surface area contributed by atoms with Crippen LogP contribution >= 0.6 is 0 Å². The van der Waals surface area contributed by atoms with Crippen LogP contribution in [0.2, 0.25) is 0 Å². The molecule has 1 aromatic carbocycles. The topological polar surface area (TPSA) is 9.23 Å². The van der Waals surface area contributed by atoms with Gasteiger partial charge in [-0.1, -0.05) is 44.2 Å². The smallest absolute Gasteiger partial charge is 0.380 e. The first-order valence-electron chi connectivity index (χ1n) is 7.12. The van der Waals surface area contributed by atoms with E-state index in [1.165, 1.54) is 0 Å². The van der Waals surface area contributed by atoms with Crippen molar-refractivity contribution in [2.45, 2.75) is 38.7 Å². The normalized spacial score (nSPS) is 27.3. The van der Waals surface area contributed by atoms with Crippen LogP contribution in [0.5, 0.6) is 0 Å². The highest BCUT2D eigenvalue weighted by Crippen LogP contribution is 2.66. The average molecular weight is 316 g/mol. The summed E-state index contributed by atoms with van der Waals surface area (Å²) in [6, 6.07) is 7.29. The van der Waals surface area contributed by atoms with E-state index in [-0.39, 0.29) is 12.5 Å². The number of alkyl halides is 4. The third-order valence-electron chi connectivity index (χ3n) is 4.53. The minimum absolute atomic E-state index is 0.111. The third-order valence-corrected chi connectivity index (χ3v) is 4.53. The molecule has 0 radical (unpaired) electrons. The van der Waals surface area contributed by atoms with Gasteiger partial charge in [-0.25, -0.2) is 4.39 Å². The Morgan fingerprint density at radius 2 is 1.68 bits per heavy atom. The van der Waals surface area contributed by atoms with Gasteiger partial charge in [-0.05, 0) is 11.1 Å². The van der Waals surface area contributed by atoms with Crippen LogP contribution in [0.15, 0.2) is 36.4 Å². The maximum absolute atomic E-state index is 15.0. The Morgan fingerprint density at radius 3 is 2.18 bits per heavy atom. The van der Waals surface area contributed by atoms with Crippen molar-refractivity contribution in [2.75, 3.05) is 7.11 Å². The Labute approximate surface area is 128 Å². The Morgan fingerprint density at radius 1 is 1.14 bits per heavy atom. The van der Waals surface area contributed by atoms with E-state index in [1.807, 2.05) is 12.1 Å². The largest absolute Gasteiger partial charge is 0.409 e. The van der Waals surface area contributed by atoms with Gasteiger partial charge in [-0.2, -0.15) is 13.2 Å². The van der Waals surface area contributed by atoms with Gasteiger partial charge in [0.25, 0.3) is 0 Å². The molecule has 0 N–H and O–H groups in total. The summed E-state index contributed by atoms with van der Waals surface area (Å²) < 4.78 is 56.8. The predicted molar refractivity (Wildman–Crippen MR) is 77.2 cm³/mol. The molecule has 1 fully saturated rings. The van der Waals surface area contributed by atoms with Gasteiger partial charge in [0.1, 0.15) is 5.67 Å². The van der Waals surface area contributed by atoms with Crippen LogP contribution in [-0.2, 0) is 17.8 Å². The number of hydrogen-bond donors (Lipinski definition) is 0. The van der Waals surface area contributed by atoms with E-state index in [4.69, 9.17) is 4.74 Å². The minimum atomic E-state index is -4.40. The molecule has 0 heterocycles. The molecule has 2 rings (SSSR count). The summed E-state index contributed by atoms with van der Waals surface area (Å²) in [4.78, 5) is 0. The number of rotatable bonds is 5. The molecule has 0 aliphatic heterocycles. The molecular formula is C17H20F4O. The fourth-order valence-electron chi connectivity index (χ4n) is 2.99. The molecule has 1 aliphatic carbocycles. The lowest BCUT2D eigenvalue weighted by molar-refractivity contribution is -0.0801. The molecule has 0 aromatic heterocycles. The maximum Gasteiger partial charge on any atom is 0.409 e. The summed E-state index contributed by atoms with van der Waals surface area (Å²) in [7, 11) is 1.59. The fraction of sp³-hybridized carbons (Fsp3) is 0.529. The van der Waals surface area contributed by atoms with E-state index in [2.05, 4.69) is 0 Å². The number of benzene rings is 1. The van der Waals surface area contributed by atoms with Crippen molar-refractivity contribution in [1.82, 2.24) is 0 Å². The highest BCUT2D eigenvalue weighted by molar-refractivity contribution is 5.33. The van der Waals surface area contributed by atoms with Crippen LogP contribution in [0.1, 0.15) is 25.0 Å². The van der Waals surface area contributed by atoms with Crippen molar-refractivity contribution in [3.8, 4) is 0 Å². The molecule has 5 heteroatoms. The monoisotopic (exact) mass is 316 g/mol. The average Bonchev–Trinajstić information content (AvgIpc) is 2.81. The van der Waals surface area contributed by atoms with Crippen LogP contribution in [-0.4, -0.2) is 19.0 Å². The lowest BCUT2D eigenvalue weighted by Gasteiger charge is -2.11. The number of halogens is 4. The van der Waals surface area contributed by atoms with Crippen LogP contribution in [0.25, 0.3) is 0 Å². The zero-order valence-electron chi connectivity index (χ0n) is 12.9. The van der Waals surface area contributed by atoms with Crippen molar-refractivity contribution in [3.63, 3.8) is 0 Å². The molecule has 1 aromatic rings. The Balaban J connectivity index is 2.09. The van der Waals surface area contributed by atoms with Gasteiger partial charge in [-0.3, -0.25) is 0 Å². The highest BCUT2D eigenvalue weighted by Gasteiger charge is 2.71. The van der Waals surface area contributed by atoms with E-state index < -0.39 is 23.2 Å². The second kappa shape index (κ2) is 5.69. The van der Waals surface area contributed by atoms with Gasteiger partial charge in [0.15, 0.2) is 0 Å². The molecule has 0 spiro atoms. The molecule has 1 aliphatic rings. The lowest BCUT2D eigenvalue weighted by atomic mass is 10.00. The van der Waals surface area contributed by atoms with Crippen molar-refractivity contribution in [1.29, 1.82) is 0 Å². The molecule has 1 nitrogen and oxygen atoms in total. The zero-order chi connectivity index (χ0) is 16.6. The zero-order valence-corrected chi connectivity index (χ0v) is 12.9. The van der Waals surface area contributed by atoms with Gasteiger partial charge in [-0.15, -0.1) is 0 Å². The lowest BCUT2D eigenvalue weighted by Crippen LogP contribution is -2.14. The molecule has 122 valence electrons. The summed E-state index contributed by atoms with van der Waals surface area (Å²) in [5, 5.41) is 0. The Hall–Kier alpha value is -1.36. The second-order valence-electron chi connectivity index (χ2n) is 6.39. The number of hydrogen-bond acceptors (Lipinski definition) is 1. The van der Waals surface area contributed by atoms with Crippen molar-refractivity contribution in [2.24, 2.45) is 11.3 Å². The first-order chi connectivity index (χ1) is 10.1. The van der Waals surface area contributed by atoms with E-state index in [9.17, 15) is 13.2 Å². The Bertz CT molecular complexity index is 545. The highest BCUT2D eigenvalue weighted by atomic mass is 19.4. The third kappa shape index (κ3) is 3.35. The van der Waals surface area contributed by atoms with E-state index in [0.717, 1.165) is 17.2 Å². The van der Waals surface area contributed by atoms with Gasteiger partial charge in [0.2, 0.25) is 0 Å². The first-order valence-corrected chi connectivity index (χ1v) is 7.12. The van der Waals surface area contributed by atoms with Gasteiger partial charge in [0, 0.05) is 30.9 Å². The van der Waals surface area contributed by atoms with Crippen LogP contribution in [0.4, 0.5) is 17.6 Å². The van der Waals surface area contributed by atoms with Crippen LogP contribution in [0.3, 0.4) is 0 Å². The number of methoxy groups -OCH3 is 1. The molecular weight excluding hydrogens is 296 g/mol. The maximum atomic E-state index is 15.0. The summed E-state index contributed by atoms with van der Waals surface area (Å²) in [5.74, 6) is -0.722. The minimum Gasteiger partial charge on any atom is -0.380 e. The van der Waals surface area contributed by atoms with Gasteiger partial charge in [0.05, 0.1) is 6.61 Å². The quantitative estimate of drug-likeness (QED) is 0.557. The van der Waals surface area contributed by atoms with E-state index in [1.54, 1.807) is 33.1 Å². The molecule has 2 atom stereocenters. The number of allylic oxidation sites excluding steroid dienone is 2. The molecule has 22 heavy (non-hydrogen) atoms. The fourth-order valence-corrected chi connectivity index (χ4v) is 2.99. The summed E-state index contributed by atoms with van der Waals surface area (Å²) in [6.07, 6.45) is -3.19. The molecule has 0 bridgehead atoms. The standard InChI is InChI=1S/C17H20F4O/c1-15(2)14(8-9-17(19,20)21)16(15,18)10-12-4-6-13(7-5-12)11-22-3/h4-9,14H,10-11H2,1-3H3. The van der Waals surface area contributed by atoms with Gasteiger partial charge >= 0.3 is 6.18 Å². The number of ether oxygens (including phenoxy) is 1. The van der Waals surface area contributed by atoms with Crippen molar-refractivity contribution < 1.29 is 22.3 Å². The van der Waals surface area contributed by atoms with E-state index in [0.29, 0.717) is 6.61 Å². The molecule has 1 saturated carbocycles. The summed E-state index contributed by atoms with van der Waals surface area (Å²) in [5.41, 5.74) is -0.682. The van der Waals surface area contributed by atoms with Crippen molar-refractivity contribution in [3.05, 3.63) is 47.5 Å². The second-order valence-corrected chi connectivity index (χ2v) is 6.39. The van der Waals surface area contributed by atoms with Crippen molar-refractivity contribution >= 4 is 0 Å². The SMILES string of the molecule is COCc1ccc(CC2(F)C(C=CC(F)(F)F)C2(C)C)cc1. The van der Waals surface area contributed by atoms with Crippen LogP contribution in [0, 0.1) is 11.3 Å². The van der Waals surface area contributed by atoms with E-state index >= 15 is 4.39 Å². The predicted octanol–water partition coefficient (Wildman–Crippen LogP) is 4.86. The molecule has 2 unspecified atom stereocenters. The summed E-state index contributed by atoms with van der Waals surface area (Å²) >= 11 is 0. The molecule has 0 saturated heterocycles. The van der Waals surface area contributed by atoms with Crippen LogP contribution < -0.4 is 0 Å². The summed E-state index contributed by atoms with van der Waals surface area (Å²) in [6.45, 7) is 3.80.